The normalized spacial score (nSPS) is 12.6. The molecule has 0 aliphatic carbocycles. The molecular weight excluding hydrogens is 938 g/mol. The number of imidazole rings is 2. The standard InChI is InChI=1S/C33H30N4O2.C22H28FN3O6S/c1-4-9-30-35-31-21(2)18-24(32-34-27-12-7-8-13-28(27)36(32)3)19-29(31)37(30)20-22-14-16-23(17-15-22)25-10-5-6-11-26(25)33(38)39;1-13(2)20-18(10-9-16(27)11-17(28)12-19(29)30)21(14-5-7-15(23)8-6-14)25-22(24-20)26(3)33(4,31)32/h5-8,10-19H,4,9,20H2,1-3H3,(H,38,39);5-10,13,16-17,27-28H,11-12H2,1-4H3,(H,29,30)/b;10-9+/t;16-,17-/m.1/s1. The van der Waals surface area contributed by atoms with Crippen LogP contribution in [0, 0.1) is 12.7 Å². The summed E-state index contributed by atoms with van der Waals surface area (Å²) >= 11 is 0. The maximum atomic E-state index is 13.5. The summed E-state index contributed by atoms with van der Waals surface area (Å²) in [5.74, 6) is -0.784. The minimum atomic E-state index is -3.65. The first-order chi connectivity index (χ1) is 34.2. The molecule has 8 aromatic rings. The van der Waals surface area contributed by atoms with Crippen molar-refractivity contribution < 1.29 is 42.8 Å². The number of aliphatic carboxylic acids is 1. The zero-order valence-electron chi connectivity index (χ0n) is 41.2. The van der Waals surface area contributed by atoms with Crippen LogP contribution in [0.5, 0.6) is 0 Å². The molecule has 8 rings (SSSR count). The quantitative estimate of drug-likeness (QED) is 0.0671. The molecule has 374 valence electrons. The van der Waals surface area contributed by atoms with Crippen LogP contribution in [-0.2, 0) is 34.8 Å². The number of rotatable bonds is 17. The molecule has 15 nitrogen and oxygen atoms in total. The third-order valence-corrected chi connectivity index (χ3v) is 13.4. The van der Waals surface area contributed by atoms with Crippen molar-refractivity contribution in [1.82, 2.24) is 29.1 Å². The fourth-order valence-electron chi connectivity index (χ4n) is 8.50. The zero-order chi connectivity index (χ0) is 52.0. The number of hydrogen-bond donors (Lipinski definition) is 4. The number of aryl methyl sites for hydroxylation is 3. The number of fused-ring (bicyclic) bond motifs is 2. The number of aromatic carboxylic acids is 1. The molecule has 0 unspecified atom stereocenters. The van der Waals surface area contributed by atoms with Crippen LogP contribution in [0.15, 0.2) is 115 Å². The van der Waals surface area contributed by atoms with Crippen molar-refractivity contribution in [2.75, 3.05) is 17.6 Å². The summed E-state index contributed by atoms with van der Waals surface area (Å²) in [6.07, 6.45) is 2.75. The number of carboxylic acids is 2. The van der Waals surface area contributed by atoms with Crippen LogP contribution in [-0.4, -0.2) is 95.4 Å². The first-order valence-electron chi connectivity index (χ1n) is 23.4. The van der Waals surface area contributed by atoms with Gasteiger partial charge in [0.25, 0.3) is 0 Å². The molecule has 0 amide bonds. The SMILES string of the molecule is CC(C)c1nc(N(C)S(C)(=O)=O)nc(-c2ccc(F)cc2)c1/C=C/[C@@H](O)C[C@@H](O)CC(=O)O.CCCc1nc2c(C)cc(-c3nc4ccccc4n3C)cc2n1Cc1ccc(-c2ccccc2C(=O)O)cc1. The second-order valence-electron chi connectivity index (χ2n) is 18.0. The van der Waals surface area contributed by atoms with E-state index in [0.29, 0.717) is 34.6 Å². The van der Waals surface area contributed by atoms with Gasteiger partial charge >= 0.3 is 11.9 Å². The van der Waals surface area contributed by atoms with Gasteiger partial charge in [0.2, 0.25) is 16.0 Å². The molecular formula is C55H58FN7O8S. The van der Waals surface area contributed by atoms with Gasteiger partial charge in [-0.05, 0) is 96.1 Å². The van der Waals surface area contributed by atoms with Crippen molar-refractivity contribution >= 4 is 56.1 Å². The van der Waals surface area contributed by atoms with E-state index in [4.69, 9.17) is 15.1 Å². The number of aromatic nitrogens is 6. The molecule has 0 spiro atoms. The molecule has 0 aliphatic heterocycles. The highest BCUT2D eigenvalue weighted by atomic mass is 32.2. The van der Waals surface area contributed by atoms with Gasteiger partial charge in [0, 0.05) is 50.2 Å². The molecule has 5 aromatic carbocycles. The Balaban J connectivity index is 0.000000215. The van der Waals surface area contributed by atoms with E-state index in [1.807, 2.05) is 56.3 Å². The summed E-state index contributed by atoms with van der Waals surface area (Å²) in [6, 6.07) is 33.4. The third kappa shape index (κ3) is 11.9. The molecule has 72 heavy (non-hydrogen) atoms. The Bertz CT molecular complexity index is 3410. The highest BCUT2D eigenvalue weighted by Gasteiger charge is 2.23. The lowest BCUT2D eigenvalue weighted by atomic mass is 9.97. The van der Waals surface area contributed by atoms with Gasteiger partial charge in [-0.25, -0.2) is 41.8 Å². The number of anilines is 1. The van der Waals surface area contributed by atoms with Crippen LogP contribution in [0.4, 0.5) is 10.3 Å². The maximum absolute atomic E-state index is 13.5. The predicted molar refractivity (Wildman–Crippen MR) is 279 cm³/mol. The molecule has 3 heterocycles. The summed E-state index contributed by atoms with van der Waals surface area (Å²) in [7, 11) is -0.262. The lowest BCUT2D eigenvalue weighted by Gasteiger charge is -2.20. The topological polar surface area (TPSA) is 214 Å². The molecule has 2 atom stereocenters. The smallest absolute Gasteiger partial charge is 0.336 e. The maximum Gasteiger partial charge on any atom is 0.336 e. The Morgan fingerprint density at radius 3 is 2.14 bits per heavy atom. The Morgan fingerprint density at radius 1 is 0.833 bits per heavy atom. The summed E-state index contributed by atoms with van der Waals surface area (Å²) in [6.45, 7) is 8.68. The minimum absolute atomic E-state index is 0.0601. The molecule has 4 N–H and O–H groups in total. The van der Waals surface area contributed by atoms with Gasteiger partial charge in [0.05, 0.1) is 63.9 Å². The largest absolute Gasteiger partial charge is 0.481 e. The van der Waals surface area contributed by atoms with Gasteiger partial charge in [-0.2, -0.15) is 0 Å². The third-order valence-electron chi connectivity index (χ3n) is 12.2. The van der Waals surface area contributed by atoms with E-state index in [0.717, 1.165) is 84.9 Å². The lowest BCUT2D eigenvalue weighted by molar-refractivity contribution is -0.139. The minimum Gasteiger partial charge on any atom is -0.481 e. The van der Waals surface area contributed by atoms with E-state index in [-0.39, 0.29) is 18.3 Å². The van der Waals surface area contributed by atoms with Gasteiger partial charge in [-0.3, -0.25) is 4.79 Å². The fourth-order valence-corrected chi connectivity index (χ4v) is 8.88. The molecule has 0 aliphatic rings. The van der Waals surface area contributed by atoms with Gasteiger partial charge in [-0.1, -0.05) is 87.5 Å². The number of hydrogen-bond acceptors (Lipinski definition) is 10. The van der Waals surface area contributed by atoms with Gasteiger partial charge in [0.1, 0.15) is 17.5 Å². The number of carboxylic acid groups (broad SMARTS) is 2. The fraction of sp³-hybridized carbons (Fsp3) is 0.273. The van der Waals surface area contributed by atoms with E-state index in [1.165, 1.54) is 43.5 Å². The predicted octanol–water partition coefficient (Wildman–Crippen LogP) is 9.67. The van der Waals surface area contributed by atoms with E-state index in [9.17, 15) is 37.7 Å². The molecule has 0 saturated heterocycles. The molecule has 0 fully saturated rings. The molecule has 3 aromatic heterocycles. The van der Waals surface area contributed by atoms with Crippen LogP contribution in [0.3, 0.4) is 0 Å². The highest BCUT2D eigenvalue weighted by Crippen LogP contribution is 2.34. The van der Waals surface area contributed by atoms with E-state index >= 15 is 0 Å². The second kappa shape index (κ2) is 22.2. The van der Waals surface area contributed by atoms with Crippen molar-refractivity contribution in [3.63, 3.8) is 0 Å². The number of carbonyl (C=O) groups is 2. The van der Waals surface area contributed by atoms with Crippen molar-refractivity contribution in [3.05, 3.63) is 155 Å². The average Bonchev–Trinajstić information content (AvgIpc) is 3.86. The number of aliphatic hydroxyl groups is 2. The van der Waals surface area contributed by atoms with E-state index < -0.39 is 46.4 Å². The van der Waals surface area contributed by atoms with Crippen LogP contribution >= 0.6 is 0 Å². The summed E-state index contributed by atoms with van der Waals surface area (Å²) in [5.41, 5.74) is 11.3. The number of aliphatic hydroxyl groups excluding tert-OH is 2. The van der Waals surface area contributed by atoms with Crippen LogP contribution in [0.2, 0.25) is 0 Å². The second-order valence-corrected chi connectivity index (χ2v) is 20.0. The average molecular weight is 996 g/mol. The van der Waals surface area contributed by atoms with Crippen molar-refractivity contribution in [2.24, 2.45) is 7.05 Å². The zero-order valence-corrected chi connectivity index (χ0v) is 42.0. The van der Waals surface area contributed by atoms with E-state index in [2.05, 4.69) is 70.3 Å². The Hall–Kier alpha value is -7.60. The first-order valence-corrected chi connectivity index (χ1v) is 25.3. The number of nitrogens with zero attached hydrogens (tertiary/aromatic N) is 7. The summed E-state index contributed by atoms with van der Waals surface area (Å²) < 4.78 is 43.1. The van der Waals surface area contributed by atoms with Gasteiger partial charge in [-0.15, -0.1) is 0 Å². The van der Waals surface area contributed by atoms with Crippen molar-refractivity contribution in [1.29, 1.82) is 0 Å². The van der Waals surface area contributed by atoms with Crippen LogP contribution in [0.25, 0.3) is 61.9 Å². The number of sulfonamides is 1. The monoisotopic (exact) mass is 995 g/mol. The van der Waals surface area contributed by atoms with Gasteiger partial charge < -0.3 is 29.6 Å². The number of halogens is 1. The number of para-hydroxylation sites is 2. The van der Waals surface area contributed by atoms with Crippen LogP contribution in [0.1, 0.15) is 84.5 Å². The van der Waals surface area contributed by atoms with E-state index in [1.54, 1.807) is 12.1 Å². The first kappa shape index (κ1) is 52.2. The molecule has 17 heteroatoms. The summed E-state index contributed by atoms with van der Waals surface area (Å²) in [5, 5.41) is 38.4. The highest BCUT2D eigenvalue weighted by molar-refractivity contribution is 7.92. The Kier molecular flexibility index (Phi) is 16.1. The Morgan fingerprint density at radius 2 is 1.50 bits per heavy atom. The molecule has 0 saturated carbocycles. The van der Waals surface area contributed by atoms with Crippen LogP contribution < -0.4 is 4.31 Å². The molecule has 0 radical (unpaired) electrons. The Labute approximate surface area is 417 Å². The van der Waals surface area contributed by atoms with Crippen molar-refractivity contribution in [2.45, 2.75) is 78.0 Å². The summed E-state index contributed by atoms with van der Waals surface area (Å²) in [4.78, 5) is 41.3. The number of benzene rings is 5. The molecule has 0 bridgehead atoms. The van der Waals surface area contributed by atoms with Gasteiger partial charge in [0.15, 0.2) is 0 Å². The lowest BCUT2D eigenvalue weighted by Crippen LogP contribution is -2.27. The van der Waals surface area contributed by atoms with Crippen molar-refractivity contribution in [3.8, 4) is 33.8 Å².